The lowest BCUT2D eigenvalue weighted by atomic mass is 10.2. The van der Waals surface area contributed by atoms with Crippen LogP contribution in [0, 0.1) is 6.92 Å². The molecule has 0 amide bonds. The maximum absolute atomic E-state index is 11.3. The molecule has 1 aromatic carbocycles. The summed E-state index contributed by atoms with van der Waals surface area (Å²) in [7, 11) is 0. The van der Waals surface area contributed by atoms with Crippen molar-refractivity contribution in [2.24, 2.45) is 0 Å². The molecule has 92 valence electrons. The van der Waals surface area contributed by atoms with Gasteiger partial charge < -0.3 is 9.84 Å². The Bertz CT molecular complexity index is 383. The van der Waals surface area contributed by atoms with Crippen molar-refractivity contribution in [3.05, 3.63) is 35.4 Å². The summed E-state index contributed by atoms with van der Waals surface area (Å²) in [5, 5.41) is 8.14. The molecule has 6 heteroatoms. The van der Waals surface area contributed by atoms with Gasteiger partial charge in [-0.1, -0.05) is 17.7 Å². The normalized spacial score (nSPS) is 9.71. The summed E-state index contributed by atoms with van der Waals surface area (Å²) in [5.41, 5.74) is 1.38. The van der Waals surface area contributed by atoms with Crippen LogP contribution in [0.3, 0.4) is 0 Å². The number of carbonyl (C=O) groups is 2. The van der Waals surface area contributed by atoms with Crippen LogP contribution in [-0.4, -0.2) is 30.4 Å². The first-order valence-corrected chi connectivity index (χ1v) is 4.86. The van der Waals surface area contributed by atoms with E-state index in [2.05, 4.69) is 14.5 Å². The van der Waals surface area contributed by atoms with Gasteiger partial charge in [-0.15, -0.1) is 0 Å². The lowest BCUT2D eigenvalue weighted by molar-refractivity contribution is -0.245. The molecule has 1 rings (SSSR count). The molecular formula is C11H12O6. The quantitative estimate of drug-likeness (QED) is 0.365. The van der Waals surface area contributed by atoms with Crippen LogP contribution in [0.5, 0.6) is 0 Å². The number of carboxylic acid groups (broad SMARTS) is 1. The molecule has 0 aromatic heterocycles. The zero-order valence-electron chi connectivity index (χ0n) is 9.21. The van der Waals surface area contributed by atoms with Crippen LogP contribution in [0.15, 0.2) is 24.3 Å². The summed E-state index contributed by atoms with van der Waals surface area (Å²) >= 11 is 0. The molecule has 0 heterocycles. The molecule has 0 radical (unpaired) electrons. The van der Waals surface area contributed by atoms with Crippen molar-refractivity contribution in [2.75, 3.05) is 13.2 Å². The highest BCUT2D eigenvalue weighted by Gasteiger charge is 2.07. The molecule has 17 heavy (non-hydrogen) atoms. The minimum Gasteiger partial charge on any atom is -0.450 e. The SMILES string of the molecule is Cc1ccc(C(=O)OOCCOC(=O)O)cc1. The number of hydrogen-bond donors (Lipinski definition) is 1. The summed E-state index contributed by atoms with van der Waals surface area (Å²) in [6, 6.07) is 6.75. The largest absolute Gasteiger partial charge is 0.505 e. The van der Waals surface area contributed by atoms with Crippen molar-refractivity contribution in [3.63, 3.8) is 0 Å². The zero-order valence-corrected chi connectivity index (χ0v) is 9.21. The van der Waals surface area contributed by atoms with E-state index in [0.29, 0.717) is 5.56 Å². The zero-order chi connectivity index (χ0) is 12.7. The number of rotatable bonds is 5. The molecule has 0 aliphatic heterocycles. The van der Waals surface area contributed by atoms with E-state index < -0.39 is 12.1 Å². The molecule has 1 aromatic rings. The standard InChI is InChI=1S/C11H12O6/c1-8-2-4-9(5-3-8)10(12)17-16-7-6-15-11(13)14/h2-5H,6-7H2,1H3,(H,13,14). The van der Waals surface area contributed by atoms with Crippen LogP contribution < -0.4 is 0 Å². The molecule has 0 spiro atoms. The Labute approximate surface area is 97.6 Å². The van der Waals surface area contributed by atoms with Gasteiger partial charge in [-0.05, 0) is 19.1 Å². The van der Waals surface area contributed by atoms with E-state index in [-0.39, 0.29) is 13.2 Å². The lowest BCUT2D eigenvalue weighted by Crippen LogP contribution is -2.12. The van der Waals surface area contributed by atoms with Gasteiger partial charge in [0, 0.05) is 0 Å². The predicted molar refractivity (Wildman–Crippen MR) is 56.5 cm³/mol. The average molecular weight is 240 g/mol. The van der Waals surface area contributed by atoms with Gasteiger partial charge >= 0.3 is 12.1 Å². The van der Waals surface area contributed by atoms with Crippen molar-refractivity contribution in [3.8, 4) is 0 Å². The van der Waals surface area contributed by atoms with Gasteiger partial charge in [0.25, 0.3) is 0 Å². The van der Waals surface area contributed by atoms with Crippen LogP contribution in [0.1, 0.15) is 15.9 Å². The van der Waals surface area contributed by atoms with Gasteiger partial charge in [-0.3, -0.25) is 4.89 Å². The first-order chi connectivity index (χ1) is 8.09. The Kier molecular flexibility index (Phi) is 4.96. The van der Waals surface area contributed by atoms with E-state index in [1.807, 2.05) is 6.92 Å². The van der Waals surface area contributed by atoms with Crippen molar-refractivity contribution >= 4 is 12.1 Å². The highest BCUT2D eigenvalue weighted by atomic mass is 17.2. The molecule has 0 bridgehead atoms. The Morgan fingerprint density at radius 1 is 1.18 bits per heavy atom. The number of carbonyl (C=O) groups excluding carboxylic acids is 1. The van der Waals surface area contributed by atoms with Crippen molar-refractivity contribution in [1.29, 1.82) is 0 Å². The van der Waals surface area contributed by atoms with Crippen LogP contribution in [-0.2, 0) is 14.5 Å². The summed E-state index contributed by atoms with van der Waals surface area (Å²) in [5.74, 6) is -0.639. The maximum atomic E-state index is 11.3. The Balaban J connectivity index is 2.25. The Morgan fingerprint density at radius 2 is 1.82 bits per heavy atom. The van der Waals surface area contributed by atoms with E-state index in [9.17, 15) is 9.59 Å². The topological polar surface area (TPSA) is 82.1 Å². The second-order valence-electron chi connectivity index (χ2n) is 3.17. The fourth-order valence-electron chi connectivity index (χ4n) is 0.996. The van der Waals surface area contributed by atoms with E-state index in [4.69, 9.17) is 5.11 Å². The van der Waals surface area contributed by atoms with E-state index in [1.54, 1.807) is 24.3 Å². The summed E-state index contributed by atoms with van der Waals surface area (Å²) in [6.07, 6.45) is -1.40. The molecule has 6 nitrogen and oxygen atoms in total. The Hall–Kier alpha value is -2.08. The van der Waals surface area contributed by atoms with E-state index >= 15 is 0 Å². The minimum absolute atomic E-state index is 0.149. The fourth-order valence-corrected chi connectivity index (χ4v) is 0.996. The highest BCUT2D eigenvalue weighted by Crippen LogP contribution is 2.04. The third-order valence-electron chi connectivity index (χ3n) is 1.81. The molecular weight excluding hydrogens is 228 g/mol. The van der Waals surface area contributed by atoms with Crippen molar-refractivity contribution < 1.29 is 29.2 Å². The first-order valence-electron chi connectivity index (χ1n) is 4.86. The highest BCUT2D eigenvalue weighted by molar-refractivity contribution is 5.88. The summed E-state index contributed by atoms with van der Waals surface area (Å²) in [4.78, 5) is 30.2. The molecule has 0 aliphatic carbocycles. The van der Waals surface area contributed by atoms with Crippen LogP contribution in [0.4, 0.5) is 4.79 Å². The van der Waals surface area contributed by atoms with Gasteiger partial charge in [0.2, 0.25) is 0 Å². The summed E-state index contributed by atoms with van der Waals surface area (Å²) in [6.45, 7) is 1.55. The smallest absolute Gasteiger partial charge is 0.450 e. The molecule has 0 saturated heterocycles. The molecule has 0 fully saturated rings. The third kappa shape index (κ3) is 4.98. The van der Waals surface area contributed by atoms with Crippen LogP contribution in [0.25, 0.3) is 0 Å². The summed E-state index contributed by atoms with van der Waals surface area (Å²) < 4.78 is 4.15. The third-order valence-corrected chi connectivity index (χ3v) is 1.81. The van der Waals surface area contributed by atoms with Crippen LogP contribution >= 0.6 is 0 Å². The predicted octanol–water partition coefficient (Wildman–Crippen LogP) is 1.78. The van der Waals surface area contributed by atoms with Gasteiger partial charge in [-0.25, -0.2) is 9.59 Å². The van der Waals surface area contributed by atoms with Crippen molar-refractivity contribution in [2.45, 2.75) is 6.92 Å². The van der Waals surface area contributed by atoms with Gasteiger partial charge in [0.15, 0.2) is 0 Å². The van der Waals surface area contributed by atoms with Gasteiger partial charge in [0.1, 0.15) is 13.2 Å². The van der Waals surface area contributed by atoms with Crippen LogP contribution in [0.2, 0.25) is 0 Å². The second-order valence-corrected chi connectivity index (χ2v) is 3.17. The molecule has 0 saturated carbocycles. The maximum Gasteiger partial charge on any atom is 0.505 e. The molecule has 0 aliphatic rings. The monoisotopic (exact) mass is 240 g/mol. The number of benzene rings is 1. The van der Waals surface area contributed by atoms with Gasteiger partial charge in [0.05, 0.1) is 5.56 Å². The lowest BCUT2D eigenvalue weighted by Gasteiger charge is -2.03. The Morgan fingerprint density at radius 3 is 2.41 bits per heavy atom. The average Bonchev–Trinajstić information content (AvgIpc) is 2.29. The van der Waals surface area contributed by atoms with Gasteiger partial charge in [-0.2, -0.15) is 4.89 Å². The van der Waals surface area contributed by atoms with E-state index in [0.717, 1.165) is 5.56 Å². The number of hydrogen-bond acceptors (Lipinski definition) is 5. The molecule has 0 unspecified atom stereocenters. The first kappa shape index (κ1) is 13.0. The van der Waals surface area contributed by atoms with E-state index in [1.165, 1.54) is 0 Å². The number of aryl methyl sites for hydroxylation is 1. The minimum atomic E-state index is -1.40. The molecule has 0 atom stereocenters. The van der Waals surface area contributed by atoms with Crippen molar-refractivity contribution in [1.82, 2.24) is 0 Å². The second kappa shape index (κ2) is 6.49. The fraction of sp³-hybridized carbons (Fsp3) is 0.273. The molecule has 1 N–H and O–H groups in total. The number of ether oxygens (including phenoxy) is 1.